The van der Waals surface area contributed by atoms with Crippen LogP contribution in [0.3, 0.4) is 0 Å². The quantitative estimate of drug-likeness (QED) is 0.544. The van der Waals surface area contributed by atoms with E-state index in [4.69, 9.17) is 5.84 Å². The summed E-state index contributed by atoms with van der Waals surface area (Å²) in [6.45, 7) is 5.66. The molecule has 1 saturated heterocycles. The fourth-order valence-electron chi connectivity index (χ4n) is 3.37. The number of ketones is 1. The number of nitrogen functional groups attached to an aromatic ring is 1. The molecule has 0 amide bonds. The van der Waals surface area contributed by atoms with Gasteiger partial charge in [0.15, 0.2) is 5.78 Å². The van der Waals surface area contributed by atoms with E-state index in [1.807, 2.05) is 6.92 Å². The molecule has 0 bridgehead atoms. The number of carbonyl (C=O) groups excluding carboxylic acids is 1. The Hall–Kier alpha value is -2.48. The molecular formula is C19H27FN6O. The van der Waals surface area contributed by atoms with Crippen molar-refractivity contribution in [3.05, 3.63) is 41.5 Å². The summed E-state index contributed by atoms with van der Waals surface area (Å²) in [5, 5.41) is 7.36. The SMILES string of the molecule is Cc1nc(NCC2CCN(CCCC(=O)c3ccc(F)cc3)CC2)nn1N. The molecule has 0 radical (unpaired) electrons. The summed E-state index contributed by atoms with van der Waals surface area (Å²) in [7, 11) is 0. The zero-order valence-electron chi connectivity index (χ0n) is 15.7. The number of piperidine rings is 1. The van der Waals surface area contributed by atoms with Crippen LogP contribution in [0.25, 0.3) is 0 Å². The zero-order valence-corrected chi connectivity index (χ0v) is 15.7. The van der Waals surface area contributed by atoms with Gasteiger partial charge in [-0.25, -0.2) is 4.39 Å². The van der Waals surface area contributed by atoms with Gasteiger partial charge in [-0.15, -0.1) is 5.10 Å². The van der Waals surface area contributed by atoms with Gasteiger partial charge in [0.05, 0.1) is 0 Å². The normalized spacial score (nSPS) is 15.8. The van der Waals surface area contributed by atoms with Crippen LogP contribution in [0, 0.1) is 18.7 Å². The van der Waals surface area contributed by atoms with Crippen molar-refractivity contribution < 1.29 is 9.18 Å². The minimum atomic E-state index is -0.314. The Labute approximate surface area is 158 Å². The van der Waals surface area contributed by atoms with E-state index in [1.54, 1.807) is 12.1 Å². The van der Waals surface area contributed by atoms with Gasteiger partial charge in [0.1, 0.15) is 11.6 Å². The van der Waals surface area contributed by atoms with Crippen molar-refractivity contribution in [2.24, 2.45) is 5.92 Å². The average molecular weight is 374 g/mol. The van der Waals surface area contributed by atoms with Gasteiger partial charge >= 0.3 is 0 Å². The average Bonchev–Trinajstić information content (AvgIpc) is 2.99. The predicted octanol–water partition coefficient (Wildman–Crippen LogP) is 2.23. The van der Waals surface area contributed by atoms with E-state index < -0.39 is 0 Å². The minimum absolute atomic E-state index is 0.0798. The van der Waals surface area contributed by atoms with Gasteiger partial charge in [-0.3, -0.25) is 4.79 Å². The van der Waals surface area contributed by atoms with Crippen LogP contribution >= 0.6 is 0 Å². The Bertz CT molecular complexity index is 733. The van der Waals surface area contributed by atoms with Crippen molar-refractivity contribution in [3.63, 3.8) is 0 Å². The van der Waals surface area contributed by atoms with E-state index in [-0.39, 0.29) is 11.6 Å². The molecule has 0 unspecified atom stereocenters. The zero-order chi connectivity index (χ0) is 19.2. The molecule has 0 atom stereocenters. The van der Waals surface area contributed by atoms with E-state index in [0.29, 0.717) is 29.7 Å². The van der Waals surface area contributed by atoms with Gasteiger partial charge < -0.3 is 16.1 Å². The van der Waals surface area contributed by atoms with E-state index in [9.17, 15) is 9.18 Å². The molecule has 1 aliphatic heterocycles. The molecule has 27 heavy (non-hydrogen) atoms. The lowest BCUT2D eigenvalue weighted by Gasteiger charge is -2.31. The number of Topliss-reactive ketones (excluding diaryl/α,β-unsaturated/α-hetero) is 1. The largest absolute Gasteiger partial charge is 0.353 e. The van der Waals surface area contributed by atoms with Gasteiger partial charge in [0, 0.05) is 18.5 Å². The lowest BCUT2D eigenvalue weighted by atomic mass is 9.96. The first-order valence-corrected chi connectivity index (χ1v) is 9.45. The van der Waals surface area contributed by atoms with Gasteiger partial charge in [-0.1, -0.05) is 0 Å². The van der Waals surface area contributed by atoms with Crippen molar-refractivity contribution in [1.29, 1.82) is 0 Å². The highest BCUT2D eigenvalue weighted by Crippen LogP contribution is 2.18. The number of hydrogen-bond acceptors (Lipinski definition) is 6. The molecule has 7 nitrogen and oxygen atoms in total. The van der Waals surface area contributed by atoms with Crippen LogP contribution in [0.4, 0.5) is 10.3 Å². The van der Waals surface area contributed by atoms with Crippen molar-refractivity contribution in [2.45, 2.75) is 32.6 Å². The lowest BCUT2D eigenvalue weighted by Crippen LogP contribution is -2.36. The summed E-state index contributed by atoms with van der Waals surface area (Å²) in [6.07, 6.45) is 3.55. The van der Waals surface area contributed by atoms with Crippen LogP contribution in [-0.4, -0.2) is 51.7 Å². The molecule has 0 spiro atoms. The van der Waals surface area contributed by atoms with Gasteiger partial charge in [-0.2, -0.15) is 9.77 Å². The van der Waals surface area contributed by atoms with Crippen molar-refractivity contribution in [3.8, 4) is 0 Å². The molecule has 3 rings (SSSR count). The Morgan fingerprint density at radius 3 is 2.63 bits per heavy atom. The predicted molar refractivity (Wildman–Crippen MR) is 103 cm³/mol. The molecular weight excluding hydrogens is 347 g/mol. The van der Waals surface area contributed by atoms with Gasteiger partial charge in [0.2, 0.25) is 5.95 Å². The van der Waals surface area contributed by atoms with Crippen LogP contribution in [0.1, 0.15) is 41.9 Å². The molecule has 8 heteroatoms. The number of aromatic nitrogens is 3. The smallest absolute Gasteiger partial charge is 0.244 e. The maximum Gasteiger partial charge on any atom is 0.244 e. The lowest BCUT2D eigenvalue weighted by molar-refractivity contribution is 0.0970. The Balaban J connectivity index is 1.32. The molecule has 2 heterocycles. The second-order valence-corrected chi connectivity index (χ2v) is 7.13. The first kappa shape index (κ1) is 19.3. The molecule has 0 saturated carbocycles. The molecule has 1 aliphatic rings. The van der Waals surface area contributed by atoms with Crippen molar-refractivity contribution >= 4 is 11.7 Å². The second-order valence-electron chi connectivity index (χ2n) is 7.13. The molecule has 2 aromatic rings. The fraction of sp³-hybridized carbons (Fsp3) is 0.526. The summed E-state index contributed by atoms with van der Waals surface area (Å²) in [4.78, 5) is 20.1. The van der Waals surface area contributed by atoms with E-state index in [0.717, 1.165) is 45.4 Å². The van der Waals surface area contributed by atoms with E-state index >= 15 is 0 Å². The van der Waals surface area contributed by atoms with Gasteiger partial charge in [-0.05, 0) is 76.0 Å². The molecule has 1 aromatic heterocycles. The Morgan fingerprint density at radius 2 is 2.00 bits per heavy atom. The topological polar surface area (TPSA) is 89.1 Å². The van der Waals surface area contributed by atoms with Crippen LogP contribution < -0.4 is 11.2 Å². The maximum atomic E-state index is 12.9. The van der Waals surface area contributed by atoms with E-state index in [1.165, 1.54) is 16.9 Å². The van der Waals surface area contributed by atoms with Crippen molar-refractivity contribution in [1.82, 2.24) is 19.8 Å². The monoisotopic (exact) mass is 374 g/mol. The third-order valence-corrected chi connectivity index (χ3v) is 5.10. The highest BCUT2D eigenvalue weighted by atomic mass is 19.1. The summed E-state index contributed by atoms with van der Waals surface area (Å²) in [5.74, 6) is 7.25. The summed E-state index contributed by atoms with van der Waals surface area (Å²) >= 11 is 0. The number of hydrogen-bond donors (Lipinski definition) is 2. The molecule has 1 fully saturated rings. The standard InChI is InChI=1S/C19H27FN6O/c1-14-23-19(24-26(14)21)22-13-15-8-11-25(12-9-15)10-2-3-18(27)16-4-6-17(20)7-5-16/h4-7,15H,2-3,8-13,21H2,1H3,(H,22,24). The highest BCUT2D eigenvalue weighted by Gasteiger charge is 2.19. The number of nitrogens with zero attached hydrogens (tertiary/aromatic N) is 4. The Morgan fingerprint density at radius 1 is 1.30 bits per heavy atom. The van der Waals surface area contributed by atoms with Crippen LogP contribution in [0.5, 0.6) is 0 Å². The number of likely N-dealkylation sites (tertiary alicyclic amines) is 1. The summed E-state index contributed by atoms with van der Waals surface area (Å²) in [6, 6.07) is 5.78. The van der Waals surface area contributed by atoms with E-state index in [2.05, 4.69) is 20.3 Å². The Kier molecular flexibility index (Phi) is 6.39. The molecule has 146 valence electrons. The number of aryl methyl sites for hydroxylation is 1. The third-order valence-electron chi connectivity index (χ3n) is 5.10. The first-order chi connectivity index (χ1) is 13.0. The molecule has 1 aromatic carbocycles. The fourth-order valence-corrected chi connectivity index (χ4v) is 3.37. The van der Waals surface area contributed by atoms with Crippen LogP contribution in [0.15, 0.2) is 24.3 Å². The van der Waals surface area contributed by atoms with Gasteiger partial charge in [0.25, 0.3) is 0 Å². The number of rotatable bonds is 8. The maximum absolute atomic E-state index is 12.9. The number of halogens is 1. The number of nitrogens with two attached hydrogens (primary N) is 1. The number of anilines is 1. The number of benzene rings is 1. The minimum Gasteiger partial charge on any atom is -0.353 e. The number of carbonyl (C=O) groups is 1. The molecule has 0 aliphatic carbocycles. The summed E-state index contributed by atoms with van der Waals surface area (Å²) < 4.78 is 12.9. The third kappa shape index (κ3) is 5.50. The second kappa shape index (κ2) is 8.94. The first-order valence-electron chi connectivity index (χ1n) is 9.45. The summed E-state index contributed by atoms with van der Waals surface area (Å²) in [5.41, 5.74) is 0.588. The number of nitrogens with one attached hydrogen (secondary N) is 1. The van der Waals surface area contributed by atoms with Crippen LogP contribution in [-0.2, 0) is 0 Å². The van der Waals surface area contributed by atoms with Crippen molar-refractivity contribution in [2.75, 3.05) is 37.3 Å². The van der Waals surface area contributed by atoms with Crippen LogP contribution in [0.2, 0.25) is 0 Å². The highest BCUT2D eigenvalue weighted by molar-refractivity contribution is 5.95. The molecule has 3 N–H and O–H groups in total.